The molecule has 0 aromatic heterocycles. The van der Waals surface area contributed by atoms with Gasteiger partial charge in [0, 0.05) is 30.4 Å². The van der Waals surface area contributed by atoms with Crippen LogP contribution in [0, 0.1) is 0 Å². The largest absolute Gasteiger partial charge is 0.399 e. The van der Waals surface area contributed by atoms with Crippen LogP contribution in [0.25, 0.3) is 0 Å². The van der Waals surface area contributed by atoms with Crippen molar-refractivity contribution < 1.29 is 0 Å². The summed E-state index contributed by atoms with van der Waals surface area (Å²) in [5, 5.41) is 0.259. The lowest BCUT2D eigenvalue weighted by Gasteiger charge is -2.27. The van der Waals surface area contributed by atoms with E-state index in [4.69, 9.17) is 10.7 Å². The highest BCUT2D eigenvalue weighted by molar-refractivity contribution is 8.01. The second-order valence-corrected chi connectivity index (χ2v) is 6.20. The summed E-state index contributed by atoms with van der Waals surface area (Å²) in [6, 6.07) is 6.39. The van der Waals surface area contributed by atoms with Crippen molar-refractivity contribution in [3.8, 4) is 0 Å². The summed E-state index contributed by atoms with van der Waals surface area (Å²) in [5.74, 6) is 0. The Morgan fingerprint density at radius 2 is 2.05 bits per heavy atom. The number of rotatable bonds is 1. The maximum atomic E-state index is 6.00. The topological polar surface area (TPSA) is 41.6 Å². The minimum Gasteiger partial charge on any atom is -0.399 e. The molecule has 1 aliphatic heterocycles. The van der Waals surface area contributed by atoms with Gasteiger partial charge in [-0.2, -0.15) is 0 Å². The van der Waals surface area contributed by atoms with Crippen molar-refractivity contribution in [3.05, 3.63) is 41.6 Å². The number of anilines is 1. The first kappa shape index (κ1) is 12.4. The van der Waals surface area contributed by atoms with Gasteiger partial charge in [-0.3, -0.25) is 4.99 Å². The van der Waals surface area contributed by atoms with Gasteiger partial charge in [-0.1, -0.05) is 0 Å². The highest BCUT2D eigenvalue weighted by atomic mass is 32.2. The van der Waals surface area contributed by atoms with Crippen molar-refractivity contribution in [3.63, 3.8) is 0 Å². The zero-order chi connectivity index (χ0) is 13.6. The van der Waals surface area contributed by atoms with E-state index < -0.39 is 0 Å². The average molecular weight is 271 g/mol. The van der Waals surface area contributed by atoms with Gasteiger partial charge in [0.1, 0.15) is 0 Å². The molecule has 0 radical (unpaired) electrons. The Labute approximate surface area is 117 Å². The van der Waals surface area contributed by atoms with Crippen LogP contribution >= 0.6 is 11.8 Å². The lowest BCUT2D eigenvalue weighted by Crippen LogP contribution is -2.24. The zero-order valence-corrected chi connectivity index (χ0v) is 12.2. The van der Waals surface area contributed by atoms with Gasteiger partial charge in [-0.25, -0.2) is 0 Å². The van der Waals surface area contributed by atoms with Crippen LogP contribution < -0.4 is 10.6 Å². The van der Waals surface area contributed by atoms with E-state index in [2.05, 4.69) is 44.1 Å². The number of aliphatic imine (C=N–C) groups is 1. The van der Waals surface area contributed by atoms with Gasteiger partial charge in [0.25, 0.3) is 0 Å². The van der Waals surface area contributed by atoms with Crippen molar-refractivity contribution in [2.24, 2.45) is 10.7 Å². The molecular formula is C15H17N3S. The minimum atomic E-state index is 0.259. The molecule has 3 nitrogen and oxygen atoms in total. The Kier molecular flexibility index (Phi) is 2.90. The van der Waals surface area contributed by atoms with Gasteiger partial charge in [0.2, 0.25) is 0 Å². The minimum absolute atomic E-state index is 0.259. The molecule has 2 aliphatic rings. The Morgan fingerprint density at radius 1 is 1.26 bits per heavy atom. The Hall–Kier alpha value is -1.68. The molecule has 0 fully saturated rings. The molecule has 1 heterocycles. The number of benzene rings is 1. The predicted octanol–water partition coefficient (Wildman–Crippen LogP) is 3.10. The fourth-order valence-corrected chi connectivity index (χ4v) is 3.49. The van der Waals surface area contributed by atoms with Gasteiger partial charge >= 0.3 is 0 Å². The van der Waals surface area contributed by atoms with E-state index in [1.165, 1.54) is 16.2 Å². The highest BCUT2D eigenvalue weighted by Gasteiger charge is 2.27. The van der Waals surface area contributed by atoms with Crippen molar-refractivity contribution in [1.82, 2.24) is 0 Å². The summed E-state index contributed by atoms with van der Waals surface area (Å²) in [5.41, 5.74) is 11.4. The van der Waals surface area contributed by atoms with E-state index in [1.54, 1.807) is 0 Å². The van der Waals surface area contributed by atoms with E-state index in [0.717, 1.165) is 17.1 Å². The van der Waals surface area contributed by atoms with Gasteiger partial charge in [0.15, 0.2) is 0 Å². The van der Waals surface area contributed by atoms with Crippen LogP contribution in [0.15, 0.2) is 51.5 Å². The van der Waals surface area contributed by atoms with Crippen molar-refractivity contribution in [2.75, 3.05) is 19.0 Å². The van der Waals surface area contributed by atoms with E-state index in [0.29, 0.717) is 0 Å². The van der Waals surface area contributed by atoms with Crippen LogP contribution in [0.3, 0.4) is 0 Å². The molecule has 1 aromatic carbocycles. The maximum absolute atomic E-state index is 6.00. The van der Waals surface area contributed by atoms with Gasteiger partial charge in [-0.15, -0.1) is 11.8 Å². The molecule has 98 valence electrons. The lowest BCUT2D eigenvalue weighted by atomic mass is 10.0. The van der Waals surface area contributed by atoms with Crippen LogP contribution in [0.1, 0.15) is 6.92 Å². The number of nitrogens with two attached hydrogens (primary N) is 1. The number of thioether (sulfide) groups is 1. The zero-order valence-electron chi connectivity index (χ0n) is 11.3. The summed E-state index contributed by atoms with van der Waals surface area (Å²) in [7, 11) is 4.10. The number of hydrogen-bond acceptors (Lipinski definition) is 4. The average Bonchev–Trinajstić information content (AvgIpc) is 2.41. The van der Waals surface area contributed by atoms with E-state index in [-0.39, 0.29) is 5.25 Å². The highest BCUT2D eigenvalue weighted by Crippen LogP contribution is 2.43. The summed E-state index contributed by atoms with van der Waals surface area (Å²) >= 11 is 1.84. The molecular weight excluding hydrogens is 254 g/mol. The fraction of sp³-hybridized carbons (Fsp3) is 0.267. The first-order valence-electron chi connectivity index (χ1n) is 6.27. The number of nitrogens with zero attached hydrogens (tertiary/aromatic N) is 2. The van der Waals surface area contributed by atoms with Gasteiger partial charge in [0.05, 0.1) is 16.6 Å². The molecule has 1 atom stereocenters. The predicted molar refractivity (Wildman–Crippen MR) is 83.5 cm³/mol. The second kappa shape index (κ2) is 4.46. The summed E-state index contributed by atoms with van der Waals surface area (Å²) in [4.78, 5) is 8.09. The molecule has 3 rings (SSSR count). The quantitative estimate of drug-likeness (QED) is 0.853. The Bertz CT molecular complexity index is 626. The third-order valence-electron chi connectivity index (χ3n) is 3.51. The first-order chi connectivity index (χ1) is 9.06. The Morgan fingerprint density at radius 3 is 2.79 bits per heavy atom. The molecule has 0 amide bonds. The molecule has 19 heavy (non-hydrogen) atoms. The third kappa shape index (κ3) is 2.06. The molecule has 1 aromatic rings. The smallest absolute Gasteiger partial charge is 0.0771 e. The normalized spacial score (nSPS) is 20.8. The second-order valence-electron chi connectivity index (χ2n) is 5.05. The molecule has 1 unspecified atom stereocenters. The van der Waals surface area contributed by atoms with Crippen molar-refractivity contribution in [1.29, 1.82) is 0 Å². The van der Waals surface area contributed by atoms with Gasteiger partial charge < -0.3 is 10.6 Å². The molecule has 4 heteroatoms. The number of allylic oxidation sites excluding steroid dienone is 2. The Balaban J connectivity index is 2.06. The fourth-order valence-electron chi connectivity index (χ4n) is 2.25. The van der Waals surface area contributed by atoms with Crippen LogP contribution in [0.4, 0.5) is 11.4 Å². The van der Waals surface area contributed by atoms with Crippen LogP contribution in [0.5, 0.6) is 0 Å². The van der Waals surface area contributed by atoms with Crippen LogP contribution in [-0.2, 0) is 0 Å². The molecule has 0 bridgehead atoms. The first-order valence-corrected chi connectivity index (χ1v) is 7.15. The molecule has 2 N–H and O–H groups in total. The standard InChI is InChI=1S/C15H17N3S/c1-9-11(16)5-7-13-15(9)19-14-8-10(18(2)3)4-6-12(14)17-13/h4-8,15H,16H2,1-3H3. The SMILES string of the molecule is CC1=C(N)C=CC2=Nc3ccc(N(C)C)cc3SC21. The molecule has 0 saturated heterocycles. The molecule has 1 aliphatic carbocycles. The van der Waals surface area contributed by atoms with Gasteiger partial charge in [-0.05, 0) is 42.8 Å². The summed E-state index contributed by atoms with van der Waals surface area (Å²) < 4.78 is 0. The van der Waals surface area contributed by atoms with Crippen molar-refractivity contribution in [2.45, 2.75) is 17.1 Å². The maximum Gasteiger partial charge on any atom is 0.0771 e. The summed E-state index contributed by atoms with van der Waals surface area (Å²) in [6.45, 7) is 2.09. The number of hydrogen-bond donors (Lipinski definition) is 1. The summed E-state index contributed by atoms with van der Waals surface area (Å²) in [6.07, 6.45) is 3.98. The monoisotopic (exact) mass is 271 g/mol. The molecule has 0 saturated carbocycles. The third-order valence-corrected chi connectivity index (χ3v) is 4.92. The van der Waals surface area contributed by atoms with E-state index in [9.17, 15) is 0 Å². The molecule has 0 spiro atoms. The van der Waals surface area contributed by atoms with E-state index in [1.807, 2.05) is 23.9 Å². The van der Waals surface area contributed by atoms with E-state index >= 15 is 0 Å². The van der Waals surface area contributed by atoms with Crippen LogP contribution in [-0.4, -0.2) is 25.1 Å². The number of fused-ring (bicyclic) bond motifs is 2. The lowest BCUT2D eigenvalue weighted by molar-refractivity contribution is 1.11. The van der Waals surface area contributed by atoms with Crippen LogP contribution in [0.2, 0.25) is 0 Å². The van der Waals surface area contributed by atoms with Crippen molar-refractivity contribution >= 4 is 28.8 Å².